The van der Waals surface area contributed by atoms with Crippen molar-refractivity contribution in [2.24, 2.45) is 0 Å². The zero-order valence-corrected chi connectivity index (χ0v) is 8.60. The molecule has 1 atom stereocenters. The summed E-state index contributed by atoms with van der Waals surface area (Å²) >= 11 is 0. The summed E-state index contributed by atoms with van der Waals surface area (Å²) in [6.45, 7) is 0. The highest BCUT2D eigenvalue weighted by atomic mass is 32.3. The Morgan fingerprint density at radius 2 is 1.79 bits per heavy atom. The van der Waals surface area contributed by atoms with Gasteiger partial charge in [-0.3, -0.25) is 4.55 Å². The van der Waals surface area contributed by atoms with E-state index in [-0.39, 0.29) is 5.75 Å². The average Bonchev–Trinajstić information content (AvgIpc) is 2.02. The summed E-state index contributed by atoms with van der Waals surface area (Å²) < 4.78 is 47.5. The van der Waals surface area contributed by atoms with Gasteiger partial charge in [0, 0.05) is 0 Å². The lowest BCUT2D eigenvalue weighted by molar-refractivity contribution is 0.359. The molecule has 0 radical (unpaired) electrons. The first-order chi connectivity index (χ1) is 6.47. The van der Waals surface area contributed by atoms with Gasteiger partial charge in [-0.1, -0.05) is 18.2 Å². The molecule has 1 rings (SSSR count). The lowest BCUT2D eigenvalue weighted by Gasteiger charge is -2.03. The van der Waals surface area contributed by atoms with Crippen LogP contribution in [0.4, 0.5) is 0 Å². The van der Waals surface area contributed by atoms with Crippen LogP contribution in [0.1, 0.15) is 0 Å². The van der Waals surface area contributed by atoms with Crippen molar-refractivity contribution in [3.05, 3.63) is 30.3 Å². The summed E-state index contributed by atoms with van der Waals surface area (Å²) in [5.41, 5.74) is 0. The molecular weight excluding hydrogens is 231 g/mol. The molecule has 0 aliphatic rings. The van der Waals surface area contributed by atoms with Crippen LogP contribution in [-0.2, 0) is 18.9 Å². The van der Waals surface area contributed by atoms with E-state index >= 15 is 0 Å². The Morgan fingerprint density at radius 3 is 2.29 bits per heavy atom. The van der Waals surface area contributed by atoms with E-state index in [1.807, 2.05) is 0 Å². The molecule has 0 aliphatic carbocycles. The molecule has 0 aliphatic heterocycles. The second kappa shape index (κ2) is 4.56. The SMILES string of the molecule is O=[PH](Oc1ccccc1)OS(=O)(=O)O. The van der Waals surface area contributed by atoms with Crippen LogP contribution in [0.3, 0.4) is 0 Å². The summed E-state index contributed by atoms with van der Waals surface area (Å²) in [5.74, 6) is 0.194. The van der Waals surface area contributed by atoms with Gasteiger partial charge in [0.15, 0.2) is 0 Å². The number of para-hydroxylation sites is 1. The van der Waals surface area contributed by atoms with Crippen molar-refractivity contribution in [2.45, 2.75) is 0 Å². The van der Waals surface area contributed by atoms with E-state index in [4.69, 9.17) is 4.55 Å². The number of benzene rings is 1. The molecule has 1 aromatic carbocycles. The molecule has 6 nitrogen and oxygen atoms in total. The molecule has 0 spiro atoms. The van der Waals surface area contributed by atoms with Crippen molar-refractivity contribution >= 4 is 18.7 Å². The highest BCUT2D eigenvalue weighted by Crippen LogP contribution is 2.28. The molecule has 14 heavy (non-hydrogen) atoms. The molecule has 1 N–H and O–H groups in total. The van der Waals surface area contributed by atoms with Crippen molar-refractivity contribution in [3.63, 3.8) is 0 Å². The van der Waals surface area contributed by atoms with E-state index in [0.717, 1.165) is 0 Å². The highest BCUT2D eigenvalue weighted by molar-refractivity contribution is 7.84. The van der Waals surface area contributed by atoms with Crippen LogP contribution in [0.5, 0.6) is 5.75 Å². The third-order valence-corrected chi connectivity index (χ3v) is 2.91. The van der Waals surface area contributed by atoms with Crippen LogP contribution < -0.4 is 4.52 Å². The van der Waals surface area contributed by atoms with Gasteiger partial charge >= 0.3 is 18.7 Å². The number of hydrogen-bond acceptors (Lipinski definition) is 5. The van der Waals surface area contributed by atoms with Gasteiger partial charge in [0.05, 0.1) is 0 Å². The fraction of sp³-hybridized carbons (Fsp3) is 0. The molecule has 78 valence electrons. The Morgan fingerprint density at radius 1 is 1.21 bits per heavy atom. The normalized spacial score (nSPS) is 13.5. The van der Waals surface area contributed by atoms with Crippen molar-refractivity contribution < 1.29 is 26.0 Å². The predicted molar refractivity (Wildman–Crippen MR) is 48.7 cm³/mol. The van der Waals surface area contributed by atoms with Crippen LogP contribution in [0, 0.1) is 0 Å². The minimum atomic E-state index is -4.74. The summed E-state index contributed by atoms with van der Waals surface area (Å²) in [7, 11) is -8.02. The van der Waals surface area contributed by atoms with Crippen LogP contribution in [-0.4, -0.2) is 13.0 Å². The summed E-state index contributed by atoms with van der Waals surface area (Å²) in [6.07, 6.45) is 0. The van der Waals surface area contributed by atoms with Crippen LogP contribution in [0.2, 0.25) is 0 Å². The van der Waals surface area contributed by atoms with Gasteiger partial charge in [0.1, 0.15) is 5.75 Å². The summed E-state index contributed by atoms with van der Waals surface area (Å²) in [6, 6.07) is 7.86. The zero-order chi connectivity index (χ0) is 10.6. The Kier molecular flexibility index (Phi) is 3.65. The second-order valence-corrected chi connectivity index (χ2v) is 4.40. The van der Waals surface area contributed by atoms with E-state index in [1.54, 1.807) is 18.2 Å². The fourth-order valence-electron chi connectivity index (χ4n) is 0.688. The van der Waals surface area contributed by atoms with Crippen molar-refractivity contribution in [1.29, 1.82) is 0 Å². The van der Waals surface area contributed by atoms with Gasteiger partial charge in [-0.25, -0.2) is 4.57 Å². The Balaban J connectivity index is 2.59. The molecular formula is C6H7O6PS. The third-order valence-electron chi connectivity index (χ3n) is 1.12. The molecule has 0 aromatic heterocycles. The largest absolute Gasteiger partial charge is 0.426 e. The van der Waals surface area contributed by atoms with Crippen molar-refractivity contribution in [2.75, 3.05) is 0 Å². The van der Waals surface area contributed by atoms with Crippen molar-refractivity contribution in [3.8, 4) is 5.75 Å². The Bertz CT molecular complexity index is 413. The van der Waals surface area contributed by atoms with Crippen LogP contribution in [0.25, 0.3) is 0 Å². The first kappa shape index (κ1) is 11.2. The average molecular weight is 238 g/mol. The minimum Gasteiger partial charge on any atom is -0.426 e. The third kappa shape index (κ3) is 4.38. The Hall–Kier alpha value is -0.880. The van der Waals surface area contributed by atoms with E-state index in [9.17, 15) is 13.0 Å². The second-order valence-electron chi connectivity index (χ2n) is 2.18. The first-order valence-corrected chi connectivity index (χ1v) is 6.00. The van der Waals surface area contributed by atoms with Gasteiger partial charge in [-0.05, 0) is 12.1 Å². The zero-order valence-electron chi connectivity index (χ0n) is 6.78. The fourth-order valence-corrected chi connectivity index (χ4v) is 1.84. The van der Waals surface area contributed by atoms with Gasteiger partial charge < -0.3 is 4.52 Å². The van der Waals surface area contributed by atoms with Gasteiger partial charge in [0.25, 0.3) is 0 Å². The Labute approximate surface area is 81.4 Å². The molecule has 1 aromatic rings. The first-order valence-electron chi connectivity index (χ1n) is 3.41. The van der Waals surface area contributed by atoms with Crippen molar-refractivity contribution in [1.82, 2.24) is 0 Å². The van der Waals surface area contributed by atoms with E-state index < -0.39 is 18.7 Å². The molecule has 0 fully saturated rings. The summed E-state index contributed by atoms with van der Waals surface area (Å²) in [5, 5.41) is 0. The maximum absolute atomic E-state index is 10.8. The quantitative estimate of drug-likeness (QED) is 0.627. The smallest absolute Gasteiger partial charge is 0.405 e. The van der Waals surface area contributed by atoms with Gasteiger partial charge in [0.2, 0.25) is 0 Å². The van der Waals surface area contributed by atoms with E-state index in [0.29, 0.717) is 0 Å². The van der Waals surface area contributed by atoms with Gasteiger partial charge in [-0.15, -0.1) is 0 Å². The number of hydrogen-bond donors (Lipinski definition) is 1. The standard InChI is InChI=1S/C6H7O6PS/c7-13(12-14(8,9)10)11-6-4-2-1-3-5-6/h1-5,13H,(H,8,9,10). The van der Waals surface area contributed by atoms with Crippen LogP contribution >= 0.6 is 8.25 Å². The summed E-state index contributed by atoms with van der Waals surface area (Å²) in [4.78, 5) is 0. The lowest BCUT2D eigenvalue weighted by Crippen LogP contribution is -1.98. The maximum atomic E-state index is 10.8. The minimum absolute atomic E-state index is 0.194. The topological polar surface area (TPSA) is 89.9 Å². The predicted octanol–water partition coefficient (Wildman–Crippen LogP) is 1.27. The molecule has 0 bridgehead atoms. The van der Waals surface area contributed by atoms with Gasteiger partial charge in [-0.2, -0.15) is 12.4 Å². The van der Waals surface area contributed by atoms with E-state index in [1.165, 1.54) is 12.1 Å². The van der Waals surface area contributed by atoms with E-state index in [2.05, 4.69) is 8.49 Å². The molecule has 0 saturated heterocycles. The maximum Gasteiger partial charge on any atom is 0.405 e. The number of rotatable bonds is 4. The monoisotopic (exact) mass is 238 g/mol. The molecule has 8 heteroatoms. The molecule has 0 amide bonds. The molecule has 0 saturated carbocycles. The molecule has 0 heterocycles. The van der Waals surface area contributed by atoms with Crippen LogP contribution in [0.15, 0.2) is 30.3 Å². The lowest BCUT2D eigenvalue weighted by atomic mass is 10.3. The molecule has 1 unspecified atom stereocenters. The highest BCUT2D eigenvalue weighted by Gasteiger charge is 2.12.